The first kappa shape index (κ1) is 19.7. The molecule has 0 spiro atoms. The lowest BCUT2D eigenvalue weighted by Crippen LogP contribution is -2.47. The van der Waals surface area contributed by atoms with Crippen molar-refractivity contribution < 1.29 is 9.90 Å². The maximum atomic E-state index is 12.7. The molecule has 0 bridgehead atoms. The number of aliphatic hydroxyl groups is 1. The lowest BCUT2D eigenvalue weighted by atomic mass is 9.84. The summed E-state index contributed by atoms with van der Waals surface area (Å²) in [6.45, 7) is 4.72. The molecule has 6 heteroatoms. The SMILES string of the molecule is CC(C)N(CC[C@H](O)C1CCCCC1)NC(=O)c1ccc2cncnc2c1. The highest BCUT2D eigenvalue weighted by molar-refractivity contribution is 5.97. The average Bonchev–Trinajstić information content (AvgIpc) is 2.70. The van der Waals surface area contributed by atoms with Crippen LogP contribution in [0, 0.1) is 5.92 Å². The first-order valence-electron chi connectivity index (χ1n) is 10.00. The number of carbonyl (C=O) groups is 1. The normalized spacial score (nSPS) is 16.8. The Hall–Kier alpha value is -2.05. The van der Waals surface area contributed by atoms with Crippen LogP contribution in [0.2, 0.25) is 0 Å². The van der Waals surface area contributed by atoms with E-state index in [1.807, 2.05) is 24.9 Å². The number of hydrazine groups is 1. The summed E-state index contributed by atoms with van der Waals surface area (Å²) in [5.41, 5.74) is 4.32. The number of carbonyl (C=O) groups excluding carboxylic acids is 1. The van der Waals surface area contributed by atoms with Crippen molar-refractivity contribution in [2.24, 2.45) is 5.92 Å². The maximum Gasteiger partial charge on any atom is 0.265 e. The molecule has 1 aliphatic rings. The van der Waals surface area contributed by atoms with Gasteiger partial charge in [0.05, 0.1) is 11.6 Å². The molecule has 0 aliphatic heterocycles. The van der Waals surface area contributed by atoms with Gasteiger partial charge in [0.2, 0.25) is 0 Å². The van der Waals surface area contributed by atoms with Crippen molar-refractivity contribution in [1.29, 1.82) is 0 Å². The molecular weight excluding hydrogens is 340 g/mol. The third-order valence-electron chi connectivity index (χ3n) is 5.50. The topological polar surface area (TPSA) is 78.4 Å². The molecule has 6 nitrogen and oxygen atoms in total. The Morgan fingerprint density at radius 2 is 2.07 bits per heavy atom. The number of aliphatic hydroxyl groups excluding tert-OH is 1. The van der Waals surface area contributed by atoms with Crippen molar-refractivity contribution in [2.45, 2.75) is 64.5 Å². The second-order valence-corrected chi connectivity index (χ2v) is 7.78. The molecule has 2 aromatic rings. The van der Waals surface area contributed by atoms with Gasteiger partial charge >= 0.3 is 0 Å². The third kappa shape index (κ3) is 5.23. The van der Waals surface area contributed by atoms with Crippen molar-refractivity contribution in [3.63, 3.8) is 0 Å². The molecule has 3 rings (SSSR count). The van der Waals surface area contributed by atoms with Gasteiger partial charge in [0.25, 0.3) is 5.91 Å². The zero-order chi connectivity index (χ0) is 19.2. The van der Waals surface area contributed by atoms with Crippen LogP contribution in [-0.4, -0.2) is 44.7 Å². The van der Waals surface area contributed by atoms with Crippen molar-refractivity contribution in [3.05, 3.63) is 36.3 Å². The van der Waals surface area contributed by atoms with Gasteiger partial charge in [0, 0.05) is 29.7 Å². The van der Waals surface area contributed by atoms with Crippen LogP contribution in [0.4, 0.5) is 0 Å². The van der Waals surface area contributed by atoms with E-state index in [0.717, 1.165) is 23.7 Å². The molecule has 1 amide bonds. The summed E-state index contributed by atoms with van der Waals surface area (Å²) in [7, 11) is 0. The Balaban J connectivity index is 1.59. The van der Waals surface area contributed by atoms with E-state index in [9.17, 15) is 9.90 Å². The van der Waals surface area contributed by atoms with E-state index in [1.54, 1.807) is 18.3 Å². The molecule has 1 heterocycles. The van der Waals surface area contributed by atoms with Crippen LogP contribution in [0.15, 0.2) is 30.7 Å². The molecule has 1 aromatic heterocycles. The second-order valence-electron chi connectivity index (χ2n) is 7.78. The smallest absolute Gasteiger partial charge is 0.265 e. The van der Waals surface area contributed by atoms with Crippen molar-refractivity contribution in [1.82, 2.24) is 20.4 Å². The Morgan fingerprint density at radius 3 is 2.81 bits per heavy atom. The number of amides is 1. The van der Waals surface area contributed by atoms with Gasteiger partial charge in [-0.2, -0.15) is 0 Å². The largest absolute Gasteiger partial charge is 0.393 e. The maximum absolute atomic E-state index is 12.7. The van der Waals surface area contributed by atoms with Crippen LogP contribution in [-0.2, 0) is 0 Å². The van der Waals surface area contributed by atoms with Crippen molar-refractivity contribution >= 4 is 16.8 Å². The van der Waals surface area contributed by atoms with E-state index in [2.05, 4.69) is 15.4 Å². The monoisotopic (exact) mass is 370 g/mol. The highest BCUT2D eigenvalue weighted by Crippen LogP contribution is 2.27. The van der Waals surface area contributed by atoms with Crippen molar-refractivity contribution in [2.75, 3.05) is 6.54 Å². The zero-order valence-corrected chi connectivity index (χ0v) is 16.3. The zero-order valence-electron chi connectivity index (χ0n) is 16.3. The van der Waals surface area contributed by atoms with Gasteiger partial charge in [0.15, 0.2) is 0 Å². The lowest BCUT2D eigenvalue weighted by molar-refractivity contribution is 0.0447. The number of aromatic nitrogens is 2. The molecular formula is C21H30N4O2. The summed E-state index contributed by atoms with van der Waals surface area (Å²) in [6, 6.07) is 5.57. The predicted octanol–water partition coefficient (Wildman–Crippen LogP) is 3.32. The Bertz CT molecular complexity index is 759. The van der Waals surface area contributed by atoms with Crippen LogP contribution < -0.4 is 5.43 Å². The average molecular weight is 370 g/mol. The number of nitrogens with zero attached hydrogens (tertiary/aromatic N) is 3. The highest BCUT2D eigenvalue weighted by atomic mass is 16.3. The van der Waals surface area contributed by atoms with Crippen LogP contribution in [0.1, 0.15) is 62.7 Å². The summed E-state index contributed by atoms with van der Waals surface area (Å²) >= 11 is 0. The number of nitrogens with one attached hydrogen (secondary N) is 1. The van der Waals surface area contributed by atoms with Gasteiger partial charge in [-0.1, -0.05) is 25.3 Å². The molecule has 1 fully saturated rings. The number of benzene rings is 1. The fraction of sp³-hybridized carbons (Fsp3) is 0.571. The van der Waals surface area contributed by atoms with E-state index < -0.39 is 0 Å². The van der Waals surface area contributed by atoms with E-state index >= 15 is 0 Å². The molecule has 0 saturated heterocycles. The van der Waals surface area contributed by atoms with Crippen LogP contribution in [0.25, 0.3) is 10.9 Å². The van der Waals surface area contributed by atoms with Gasteiger partial charge < -0.3 is 5.11 Å². The number of hydrogen-bond acceptors (Lipinski definition) is 5. The van der Waals surface area contributed by atoms with Gasteiger partial charge in [0.1, 0.15) is 6.33 Å². The molecule has 1 aliphatic carbocycles. The van der Waals surface area contributed by atoms with E-state index in [-0.39, 0.29) is 18.1 Å². The molecule has 1 aromatic carbocycles. The van der Waals surface area contributed by atoms with Crippen LogP contribution >= 0.6 is 0 Å². The molecule has 1 saturated carbocycles. The van der Waals surface area contributed by atoms with Crippen LogP contribution in [0.3, 0.4) is 0 Å². The minimum absolute atomic E-state index is 0.148. The fourth-order valence-corrected chi connectivity index (χ4v) is 3.78. The predicted molar refractivity (Wildman–Crippen MR) is 106 cm³/mol. The fourth-order valence-electron chi connectivity index (χ4n) is 3.78. The number of fused-ring (bicyclic) bond motifs is 1. The first-order chi connectivity index (χ1) is 13.0. The summed E-state index contributed by atoms with van der Waals surface area (Å²) in [5, 5.41) is 13.3. The Morgan fingerprint density at radius 1 is 1.30 bits per heavy atom. The summed E-state index contributed by atoms with van der Waals surface area (Å²) < 4.78 is 0. The molecule has 0 unspecified atom stereocenters. The van der Waals surface area contributed by atoms with Gasteiger partial charge in [-0.25, -0.2) is 15.0 Å². The Labute approximate surface area is 161 Å². The highest BCUT2D eigenvalue weighted by Gasteiger charge is 2.23. The first-order valence-corrected chi connectivity index (χ1v) is 10.00. The molecule has 146 valence electrons. The second kappa shape index (κ2) is 9.24. The number of hydrogen-bond donors (Lipinski definition) is 2. The van der Waals surface area contributed by atoms with Crippen molar-refractivity contribution in [3.8, 4) is 0 Å². The minimum atomic E-state index is -0.291. The van der Waals surface area contributed by atoms with Crippen LogP contribution in [0.5, 0.6) is 0 Å². The van der Waals surface area contributed by atoms with Gasteiger partial charge in [-0.3, -0.25) is 10.2 Å². The molecule has 1 atom stereocenters. The van der Waals surface area contributed by atoms with E-state index in [1.165, 1.54) is 25.6 Å². The Kier molecular flexibility index (Phi) is 6.74. The molecule has 27 heavy (non-hydrogen) atoms. The third-order valence-corrected chi connectivity index (χ3v) is 5.50. The number of rotatable bonds is 7. The van der Waals surface area contributed by atoms with Gasteiger partial charge in [-0.05, 0) is 51.2 Å². The minimum Gasteiger partial charge on any atom is -0.393 e. The molecule has 0 radical (unpaired) electrons. The summed E-state index contributed by atoms with van der Waals surface area (Å²) in [6.07, 6.45) is 9.56. The lowest BCUT2D eigenvalue weighted by Gasteiger charge is -2.31. The van der Waals surface area contributed by atoms with Gasteiger partial charge in [-0.15, -0.1) is 0 Å². The quantitative estimate of drug-likeness (QED) is 0.731. The molecule has 2 N–H and O–H groups in total. The summed E-state index contributed by atoms with van der Waals surface area (Å²) in [5.74, 6) is 0.250. The summed E-state index contributed by atoms with van der Waals surface area (Å²) in [4.78, 5) is 20.9. The standard InChI is InChI=1S/C21H30N4O2/c1-15(2)25(11-10-20(26)16-6-4-3-5-7-16)24-21(27)17-8-9-18-13-22-14-23-19(18)12-17/h8-9,12-16,20,26H,3-7,10-11H2,1-2H3,(H,24,27)/t20-/m0/s1. The van der Waals surface area contributed by atoms with E-state index in [0.29, 0.717) is 24.4 Å². The van der Waals surface area contributed by atoms with E-state index in [4.69, 9.17) is 0 Å².